The first-order valence-corrected chi connectivity index (χ1v) is 16.3. The molecule has 0 unspecified atom stereocenters. The average molecular weight is 655 g/mol. The van der Waals surface area contributed by atoms with Gasteiger partial charge in [0.05, 0.1) is 32.6 Å². The number of carbonyl (C=O) groups is 1. The van der Waals surface area contributed by atoms with Gasteiger partial charge in [-0.2, -0.15) is 4.98 Å². The molecule has 1 saturated heterocycles. The van der Waals surface area contributed by atoms with Crippen LogP contribution in [0.1, 0.15) is 31.7 Å². The molecule has 1 aliphatic heterocycles. The number of anilines is 1. The van der Waals surface area contributed by atoms with E-state index in [9.17, 15) is 18.0 Å². The highest BCUT2D eigenvalue weighted by atomic mass is 35.5. The van der Waals surface area contributed by atoms with E-state index in [-0.39, 0.29) is 50.2 Å². The zero-order valence-corrected chi connectivity index (χ0v) is 26.1. The molecule has 0 N–H and O–H groups in total. The smallest absolute Gasteiger partial charge is 0.350 e. The summed E-state index contributed by atoms with van der Waals surface area (Å²) in [5.41, 5.74) is -1.39. The first-order chi connectivity index (χ1) is 21.4. The van der Waals surface area contributed by atoms with Crippen LogP contribution in [0.3, 0.4) is 0 Å². The van der Waals surface area contributed by atoms with Crippen molar-refractivity contribution in [1.82, 2.24) is 24.4 Å². The zero-order chi connectivity index (χ0) is 32.2. The van der Waals surface area contributed by atoms with E-state index in [2.05, 4.69) is 21.5 Å². The molecule has 1 aliphatic carbocycles. The van der Waals surface area contributed by atoms with Crippen molar-refractivity contribution in [2.45, 2.75) is 49.4 Å². The van der Waals surface area contributed by atoms with E-state index in [1.54, 1.807) is 17.9 Å². The van der Waals surface area contributed by atoms with E-state index in [1.807, 2.05) is 11.8 Å². The molecule has 1 aromatic carbocycles. The van der Waals surface area contributed by atoms with E-state index in [0.29, 0.717) is 38.0 Å². The predicted molar refractivity (Wildman–Crippen MR) is 166 cm³/mol. The molecule has 1 amide bonds. The van der Waals surface area contributed by atoms with Gasteiger partial charge in [-0.3, -0.25) is 4.79 Å². The third kappa shape index (κ3) is 5.17. The maximum Gasteiger partial charge on any atom is 0.355 e. The Labute approximate surface area is 262 Å². The van der Waals surface area contributed by atoms with Crippen LogP contribution in [0.2, 0.25) is 5.02 Å². The van der Waals surface area contributed by atoms with Gasteiger partial charge in [-0.1, -0.05) is 30.7 Å². The number of benzene rings is 1. The van der Waals surface area contributed by atoms with E-state index >= 15 is 8.78 Å². The lowest BCUT2D eigenvalue weighted by Crippen LogP contribution is -2.54. The van der Waals surface area contributed by atoms with Crippen molar-refractivity contribution in [2.75, 3.05) is 24.5 Å². The van der Waals surface area contributed by atoms with Gasteiger partial charge in [0, 0.05) is 31.9 Å². The Morgan fingerprint density at radius 3 is 2.47 bits per heavy atom. The maximum atomic E-state index is 15.0. The van der Waals surface area contributed by atoms with Gasteiger partial charge in [-0.25, -0.2) is 36.5 Å². The number of pyridine rings is 2. The standard InChI is InChI=1S/C31H29ClF2N6O4S/c1-4-24(41)38-13-14-39(18(3)16-38)28-20-15-21(32)26(25-22(33)9-6-10-23(25)34)36-29(20)40(31(42)37-28)27-17(2)11-12-35-30(27)45(43,44)19-7-5-8-19/h4,6,9-12,15,18-19H,1,5,7-8,13-14,16H2,2-3H3/t18-/m0/s1. The van der Waals surface area contributed by atoms with Crippen LogP contribution in [0.15, 0.2) is 59.0 Å². The van der Waals surface area contributed by atoms with Crippen molar-refractivity contribution >= 4 is 44.2 Å². The maximum absolute atomic E-state index is 15.0. The summed E-state index contributed by atoms with van der Waals surface area (Å²) >= 11 is 6.65. The highest BCUT2D eigenvalue weighted by Gasteiger charge is 2.37. The average Bonchev–Trinajstić information content (AvgIpc) is 2.96. The Kier molecular flexibility index (Phi) is 7.94. The highest BCUT2D eigenvalue weighted by molar-refractivity contribution is 7.92. The second-order valence-electron chi connectivity index (χ2n) is 11.3. The van der Waals surface area contributed by atoms with Crippen molar-refractivity contribution < 1.29 is 22.0 Å². The third-order valence-corrected chi connectivity index (χ3v) is 10.9. The summed E-state index contributed by atoms with van der Waals surface area (Å²) in [6.45, 7) is 7.95. The lowest BCUT2D eigenvalue weighted by molar-refractivity contribution is -0.126. The Morgan fingerprint density at radius 2 is 1.84 bits per heavy atom. The molecule has 0 spiro atoms. The summed E-state index contributed by atoms with van der Waals surface area (Å²) in [7, 11) is -3.96. The minimum atomic E-state index is -3.96. The molecular weight excluding hydrogens is 626 g/mol. The summed E-state index contributed by atoms with van der Waals surface area (Å²) < 4.78 is 58.5. The Balaban J connectivity index is 1.66. The number of nitrogens with zero attached hydrogens (tertiary/aromatic N) is 6. The number of hydrogen-bond donors (Lipinski definition) is 0. The van der Waals surface area contributed by atoms with Gasteiger partial charge in [0.25, 0.3) is 0 Å². The second-order valence-corrected chi connectivity index (χ2v) is 13.8. The zero-order valence-electron chi connectivity index (χ0n) is 24.5. The monoisotopic (exact) mass is 654 g/mol. The van der Waals surface area contributed by atoms with Gasteiger partial charge in [0.2, 0.25) is 15.7 Å². The first-order valence-electron chi connectivity index (χ1n) is 14.4. The molecule has 0 bridgehead atoms. The fraction of sp³-hybridized carbons (Fsp3) is 0.323. The number of hydrogen-bond acceptors (Lipinski definition) is 8. The Bertz CT molecular complexity index is 2030. The summed E-state index contributed by atoms with van der Waals surface area (Å²) in [5.74, 6) is -1.89. The molecular formula is C31H29ClF2N6O4S. The predicted octanol–water partition coefficient (Wildman–Crippen LogP) is 4.63. The number of sulfone groups is 1. The Hall–Kier alpha value is -4.23. The molecule has 3 aromatic heterocycles. The van der Waals surface area contributed by atoms with Gasteiger partial charge in [-0.05, 0) is 62.6 Å². The largest absolute Gasteiger partial charge is 0.355 e. The lowest BCUT2D eigenvalue weighted by atomic mass is 10.00. The number of piperazine rings is 1. The molecule has 4 heterocycles. The van der Waals surface area contributed by atoms with Crippen LogP contribution in [0, 0.1) is 18.6 Å². The van der Waals surface area contributed by atoms with Crippen molar-refractivity contribution in [1.29, 1.82) is 0 Å². The minimum Gasteiger partial charge on any atom is -0.350 e. The van der Waals surface area contributed by atoms with Gasteiger partial charge in [-0.15, -0.1) is 0 Å². The normalized spacial score (nSPS) is 17.4. The number of carbonyl (C=O) groups excluding carboxylic acids is 1. The topological polar surface area (TPSA) is 118 Å². The third-order valence-electron chi connectivity index (χ3n) is 8.46. The van der Waals surface area contributed by atoms with Crippen LogP contribution < -0.4 is 10.6 Å². The van der Waals surface area contributed by atoms with Crippen LogP contribution in [-0.2, 0) is 14.6 Å². The van der Waals surface area contributed by atoms with Crippen LogP contribution in [0.25, 0.3) is 28.0 Å². The molecule has 0 radical (unpaired) electrons. The number of aromatic nitrogens is 4. The van der Waals surface area contributed by atoms with Crippen molar-refractivity contribution in [2.24, 2.45) is 0 Å². The molecule has 14 heteroatoms. The second kappa shape index (κ2) is 11.6. The summed E-state index contributed by atoms with van der Waals surface area (Å²) in [4.78, 5) is 43.0. The summed E-state index contributed by atoms with van der Waals surface area (Å²) in [6, 6.07) is 5.99. The van der Waals surface area contributed by atoms with E-state index in [1.165, 1.54) is 24.4 Å². The SMILES string of the molecule is C=CC(=O)N1CCN(c2nc(=O)n(-c3c(C)ccnc3S(=O)(=O)C3CCC3)c3nc(-c4c(F)cccc4F)c(Cl)cc23)[C@@H](C)C1. The number of fused-ring (bicyclic) bond motifs is 1. The van der Waals surface area contributed by atoms with Crippen LogP contribution >= 0.6 is 11.6 Å². The van der Waals surface area contributed by atoms with Gasteiger partial charge in [0.15, 0.2) is 10.7 Å². The summed E-state index contributed by atoms with van der Waals surface area (Å²) in [6.07, 6.45) is 4.27. The summed E-state index contributed by atoms with van der Waals surface area (Å²) in [5, 5.41) is -0.824. The molecule has 45 heavy (non-hydrogen) atoms. The Morgan fingerprint density at radius 1 is 1.13 bits per heavy atom. The van der Waals surface area contributed by atoms with Crippen LogP contribution in [0.4, 0.5) is 14.6 Å². The number of rotatable bonds is 6. The lowest BCUT2D eigenvalue weighted by Gasteiger charge is -2.40. The van der Waals surface area contributed by atoms with E-state index in [0.717, 1.165) is 23.1 Å². The molecule has 2 fully saturated rings. The molecule has 234 valence electrons. The fourth-order valence-corrected chi connectivity index (χ4v) is 8.12. The van der Waals surface area contributed by atoms with Gasteiger partial charge >= 0.3 is 5.69 Å². The van der Waals surface area contributed by atoms with Crippen LogP contribution in [-0.4, -0.2) is 69.7 Å². The molecule has 6 rings (SSSR count). The number of amides is 1. The van der Waals surface area contributed by atoms with Gasteiger partial charge in [0.1, 0.15) is 17.5 Å². The van der Waals surface area contributed by atoms with Crippen molar-refractivity contribution in [3.8, 4) is 16.9 Å². The van der Waals surface area contributed by atoms with E-state index in [4.69, 9.17) is 11.6 Å². The van der Waals surface area contributed by atoms with Crippen LogP contribution in [0.5, 0.6) is 0 Å². The highest BCUT2D eigenvalue weighted by Crippen LogP contribution is 2.38. The first kappa shape index (κ1) is 30.8. The van der Waals surface area contributed by atoms with Crippen molar-refractivity contribution in [3.63, 3.8) is 0 Å². The van der Waals surface area contributed by atoms with Crippen molar-refractivity contribution in [3.05, 3.63) is 81.9 Å². The number of aryl methyl sites for hydroxylation is 1. The molecule has 1 saturated carbocycles. The fourth-order valence-electron chi connectivity index (χ4n) is 5.87. The minimum absolute atomic E-state index is 0.0392. The molecule has 4 aromatic rings. The molecule has 2 aliphatic rings. The molecule has 1 atom stereocenters. The van der Waals surface area contributed by atoms with Gasteiger partial charge < -0.3 is 9.80 Å². The van der Waals surface area contributed by atoms with E-state index < -0.39 is 38.0 Å². The quantitative estimate of drug-likeness (QED) is 0.276. The number of halogens is 3. The molecule has 10 nitrogen and oxygen atoms in total.